The van der Waals surface area contributed by atoms with Crippen LogP contribution in [0.15, 0.2) is 24.3 Å². The van der Waals surface area contributed by atoms with E-state index in [0.717, 1.165) is 32.0 Å². The summed E-state index contributed by atoms with van der Waals surface area (Å²) < 4.78 is 5.88. The lowest BCUT2D eigenvalue weighted by molar-refractivity contribution is 0.172. The van der Waals surface area contributed by atoms with Gasteiger partial charge in [0, 0.05) is 25.7 Å². The lowest BCUT2D eigenvalue weighted by Gasteiger charge is -2.26. The van der Waals surface area contributed by atoms with Crippen LogP contribution in [0.25, 0.3) is 0 Å². The van der Waals surface area contributed by atoms with Gasteiger partial charge >= 0.3 is 0 Å². The van der Waals surface area contributed by atoms with Gasteiger partial charge in [-0.2, -0.15) is 0 Å². The summed E-state index contributed by atoms with van der Waals surface area (Å²) in [4.78, 5) is 4.85. The minimum Gasteiger partial charge on any atom is -0.492 e. The SMILES string of the molecule is CNCc1ccc(OCCN2CCCC2CN(C)C)cc1. The molecular weight excluding hydrogens is 262 g/mol. The van der Waals surface area contributed by atoms with Crippen molar-refractivity contribution >= 4 is 0 Å². The number of benzene rings is 1. The number of nitrogens with zero attached hydrogens (tertiary/aromatic N) is 2. The summed E-state index contributed by atoms with van der Waals surface area (Å²) in [5.41, 5.74) is 1.29. The van der Waals surface area contributed by atoms with E-state index < -0.39 is 0 Å². The zero-order valence-electron chi connectivity index (χ0n) is 13.6. The van der Waals surface area contributed by atoms with Gasteiger partial charge in [0.25, 0.3) is 0 Å². The first-order valence-electron chi connectivity index (χ1n) is 7.94. The van der Waals surface area contributed by atoms with E-state index in [4.69, 9.17) is 4.74 Å². The van der Waals surface area contributed by atoms with E-state index in [9.17, 15) is 0 Å². The van der Waals surface area contributed by atoms with Crippen molar-refractivity contribution in [1.82, 2.24) is 15.1 Å². The topological polar surface area (TPSA) is 27.7 Å². The van der Waals surface area contributed by atoms with E-state index in [1.165, 1.54) is 24.9 Å². The van der Waals surface area contributed by atoms with Crippen molar-refractivity contribution < 1.29 is 4.74 Å². The fraction of sp³-hybridized carbons (Fsp3) is 0.647. The Bertz CT molecular complexity index is 405. The van der Waals surface area contributed by atoms with Crippen molar-refractivity contribution in [3.63, 3.8) is 0 Å². The van der Waals surface area contributed by atoms with Gasteiger partial charge in [0.2, 0.25) is 0 Å². The molecule has 1 fully saturated rings. The van der Waals surface area contributed by atoms with E-state index in [0.29, 0.717) is 6.04 Å². The first-order chi connectivity index (χ1) is 10.2. The standard InChI is InChI=1S/C17H29N3O/c1-18-13-15-6-8-17(9-7-15)21-12-11-20-10-4-5-16(20)14-19(2)3/h6-9,16,18H,4-5,10-14H2,1-3H3. The Labute approximate surface area is 129 Å². The van der Waals surface area contributed by atoms with Crippen molar-refractivity contribution in [2.75, 3.05) is 47.4 Å². The highest BCUT2D eigenvalue weighted by Crippen LogP contribution is 2.18. The highest BCUT2D eigenvalue weighted by atomic mass is 16.5. The molecule has 0 aromatic heterocycles. The highest BCUT2D eigenvalue weighted by molar-refractivity contribution is 5.27. The highest BCUT2D eigenvalue weighted by Gasteiger charge is 2.24. The molecule has 21 heavy (non-hydrogen) atoms. The summed E-state index contributed by atoms with van der Waals surface area (Å²) in [6.07, 6.45) is 2.63. The molecule has 1 saturated heterocycles. The molecule has 4 nitrogen and oxygen atoms in total. The number of ether oxygens (including phenoxy) is 1. The maximum absolute atomic E-state index is 5.88. The first-order valence-corrected chi connectivity index (χ1v) is 7.94. The summed E-state index contributed by atoms with van der Waals surface area (Å²) in [5.74, 6) is 0.971. The van der Waals surface area contributed by atoms with E-state index in [2.05, 4.69) is 53.5 Å². The molecule has 1 N–H and O–H groups in total. The number of likely N-dealkylation sites (N-methyl/N-ethyl adjacent to an activating group) is 1. The van der Waals surface area contributed by atoms with E-state index in [1.54, 1.807) is 0 Å². The number of rotatable bonds is 8. The molecule has 0 spiro atoms. The van der Waals surface area contributed by atoms with Gasteiger partial charge in [0.1, 0.15) is 12.4 Å². The van der Waals surface area contributed by atoms with Crippen molar-refractivity contribution in [2.24, 2.45) is 0 Å². The number of hydrogen-bond donors (Lipinski definition) is 1. The van der Waals surface area contributed by atoms with Crippen LogP contribution in [-0.4, -0.2) is 63.2 Å². The third-order valence-corrected chi connectivity index (χ3v) is 4.03. The van der Waals surface area contributed by atoms with Crippen LogP contribution in [0.1, 0.15) is 18.4 Å². The quantitative estimate of drug-likeness (QED) is 0.790. The van der Waals surface area contributed by atoms with Gasteiger partial charge < -0.3 is 15.0 Å². The molecule has 1 aromatic carbocycles. The monoisotopic (exact) mass is 291 g/mol. The van der Waals surface area contributed by atoms with Crippen LogP contribution in [0.4, 0.5) is 0 Å². The zero-order chi connectivity index (χ0) is 15.1. The van der Waals surface area contributed by atoms with Crippen molar-refractivity contribution in [3.8, 4) is 5.75 Å². The molecule has 1 aliphatic rings. The second-order valence-corrected chi connectivity index (χ2v) is 6.12. The Morgan fingerprint density at radius 3 is 2.71 bits per heavy atom. The molecule has 0 bridgehead atoms. The van der Waals surface area contributed by atoms with Crippen LogP contribution in [-0.2, 0) is 6.54 Å². The fourth-order valence-electron chi connectivity index (χ4n) is 3.01. The second-order valence-electron chi connectivity index (χ2n) is 6.12. The van der Waals surface area contributed by atoms with Crippen molar-refractivity contribution in [2.45, 2.75) is 25.4 Å². The largest absolute Gasteiger partial charge is 0.492 e. The summed E-state index contributed by atoms with van der Waals surface area (Å²) in [6.45, 7) is 5.06. The van der Waals surface area contributed by atoms with Gasteiger partial charge in [-0.05, 0) is 58.2 Å². The van der Waals surface area contributed by atoms with Crippen LogP contribution < -0.4 is 10.1 Å². The first kappa shape index (κ1) is 16.3. The van der Waals surface area contributed by atoms with Gasteiger partial charge in [-0.1, -0.05) is 12.1 Å². The molecule has 0 radical (unpaired) electrons. The lowest BCUT2D eigenvalue weighted by atomic mass is 10.2. The van der Waals surface area contributed by atoms with E-state index in [1.807, 2.05) is 7.05 Å². The molecule has 0 amide bonds. The van der Waals surface area contributed by atoms with Gasteiger partial charge in [-0.15, -0.1) is 0 Å². The third-order valence-electron chi connectivity index (χ3n) is 4.03. The summed E-state index contributed by atoms with van der Waals surface area (Å²) in [7, 11) is 6.27. The molecule has 2 rings (SSSR count). The molecule has 1 aromatic rings. The Morgan fingerprint density at radius 2 is 2.05 bits per heavy atom. The number of likely N-dealkylation sites (tertiary alicyclic amines) is 1. The minimum absolute atomic E-state index is 0.696. The normalized spacial score (nSPS) is 19.3. The molecule has 0 saturated carbocycles. The molecule has 4 heteroatoms. The number of hydrogen-bond acceptors (Lipinski definition) is 4. The molecule has 118 valence electrons. The summed E-state index contributed by atoms with van der Waals surface area (Å²) >= 11 is 0. The average Bonchev–Trinajstić information content (AvgIpc) is 2.88. The van der Waals surface area contributed by atoms with Crippen LogP contribution >= 0.6 is 0 Å². The molecular formula is C17H29N3O. The Morgan fingerprint density at radius 1 is 1.29 bits per heavy atom. The second kappa shape index (κ2) is 8.37. The zero-order valence-corrected chi connectivity index (χ0v) is 13.6. The maximum atomic E-state index is 5.88. The minimum atomic E-state index is 0.696. The fourth-order valence-corrected chi connectivity index (χ4v) is 3.01. The Hall–Kier alpha value is -1.10. The van der Waals surface area contributed by atoms with Crippen molar-refractivity contribution in [1.29, 1.82) is 0 Å². The van der Waals surface area contributed by atoms with Crippen molar-refractivity contribution in [3.05, 3.63) is 29.8 Å². The smallest absolute Gasteiger partial charge is 0.119 e. The van der Waals surface area contributed by atoms with Crippen LogP contribution in [0.5, 0.6) is 5.75 Å². The van der Waals surface area contributed by atoms with Crippen LogP contribution in [0, 0.1) is 0 Å². The molecule has 1 heterocycles. The lowest BCUT2D eigenvalue weighted by Crippen LogP contribution is -2.39. The van der Waals surface area contributed by atoms with Crippen LogP contribution in [0.3, 0.4) is 0 Å². The third kappa shape index (κ3) is 5.30. The molecule has 1 unspecified atom stereocenters. The van der Waals surface area contributed by atoms with Gasteiger partial charge in [0.05, 0.1) is 0 Å². The Kier molecular flexibility index (Phi) is 6.49. The molecule has 1 atom stereocenters. The predicted molar refractivity (Wildman–Crippen MR) is 87.8 cm³/mol. The summed E-state index contributed by atoms with van der Waals surface area (Å²) in [5, 5.41) is 3.15. The molecule has 1 aliphatic heterocycles. The Balaban J connectivity index is 1.73. The van der Waals surface area contributed by atoms with Gasteiger partial charge in [-0.25, -0.2) is 0 Å². The van der Waals surface area contributed by atoms with E-state index >= 15 is 0 Å². The average molecular weight is 291 g/mol. The van der Waals surface area contributed by atoms with E-state index in [-0.39, 0.29) is 0 Å². The number of nitrogens with one attached hydrogen (secondary N) is 1. The molecule has 0 aliphatic carbocycles. The maximum Gasteiger partial charge on any atom is 0.119 e. The predicted octanol–water partition coefficient (Wildman–Crippen LogP) is 1.81. The van der Waals surface area contributed by atoms with Gasteiger partial charge in [0.15, 0.2) is 0 Å². The summed E-state index contributed by atoms with van der Waals surface area (Å²) in [6, 6.07) is 9.07. The van der Waals surface area contributed by atoms with Crippen LogP contribution in [0.2, 0.25) is 0 Å². The van der Waals surface area contributed by atoms with Gasteiger partial charge in [-0.3, -0.25) is 4.90 Å².